The van der Waals surface area contributed by atoms with E-state index in [9.17, 15) is 9.59 Å². The number of aryl methyl sites for hydroxylation is 1. The first kappa shape index (κ1) is 25.0. The van der Waals surface area contributed by atoms with Crippen LogP contribution in [0.3, 0.4) is 0 Å². The SMILES string of the molecule is Cn1cc(NC(=O)[C@H](CC2CCCC2)NC(=O)c2cccc(N3CCCC(c4cccnc4)C3)c2)cn1. The van der Waals surface area contributed by atoms with Crippen molar-refractivity contribution in [2.75, 3.05) is 23.3 Å². The monoisotopic (exact) mass is 500 g/mol. The van der Waals surface area contributed by atoms with Crippen molar-refractivity contribution in [1.82, 2.24) is 20.1 Å². The van der Waals surface area contributed by atoms with Gasteiger partial charge in [-0.25, -0.2) is 0 Å². The average Bonchev–Trinajstić information content (AvgIpc) is 3.60. The molecule has 0 bridgehead atoms. The van der Waals surface area contributed by atoms with Gasteiger partial charge < -0.3 is 15.5 Å². The van der Waals surface area contributed by atoms with E-state index in [1.165, 1.54) is 18.4 Å². The highest BCUT2D eigenvalue weighted by Gasteiger charge is 2.28. The number of hydrogen-bond acceptors (Lipinski definition) is 5. The number of nitrogens with zero attached hydrogens (tertiary/aromatic N) is 4. The fraction of sp³-hybridized carbons (Fsp3) is 0.448. The van der Waals surface area contributed by atoms with Gasteiger partial charge in [0.05, 0.1) is 11.9 Å². The minimum Gasteiger partial charge on any atom is -0.371 e. The van der Waals surface area contributed by atoms with Gasteiger partial charge in [0.25, 0.3) is 5.91 Å². The second-order valence-corrected chi connectivity index (χ2v) is 10.4. The first-order valence-electron chi connectivity index (χ1n) is 13.4. The molecule has 2 aromatic heterocycles. The van der Waals surface area contributed by atoms with Gasteiger partial charge in [0.15, 0.2) is 0 Å². The number of benzene rings is 1. The van der Waals surface area contributed by atoms with Crippen LogP contribution in [0.1, 0.15) is 66.8 Å². The number of amides is 2. The standard InChI is InChI=1S/C29H36N6O2/c1-34-20-25(18-31-34)32-29(37)27(15-21-7-2-3-8-21)33-28(36)22-9-4-12-26(16-22)35-14-6-11-24(19-35)23-10-5-13-30-17-23/h4-5,9-10,12-13,16-18,20-21,24,27H,2-3,6-8,11,14-15,19H2,1H3,(H,32,37)(H,33,36)/t24?,27-/m0/s1. The molecule has 1 unspecified atom stereocenters. The van der Waals surface area contributed by atoms with Crippen LogP contribution in [0, 0.1) is 5.92 Å². The van der Waals surface area contributed by atoms with E-state index in [1.54, 1.807) is 17.1 Å². The molecule has 1 aromatic carbocycles. The minimum absolute atomic E-state index is 0.195. The molecular weight excluding hydrogens is 464 g/mol. The second-order valence-electron chi connectivity index (χ2n) is 10.4. The molecule has 2 N–H and O–H groups in total. The lowest BCUT2D eigenvalue weighted by Gasteiger charge is -2.34. The molecule has 3 aromatic rings. The molecule has 8 heteroatoms. The summed E-state index contributed by atoms with van der Waals surface area (Å²) >= 11 is 0. The summed E-state index contributed by atoms with van der Waals surface area (Å²) in [6, 6.07) is 11.3. The van der Waals surface area contributed by atoms with E-state index in [0.717, 1.165) is 44.5 Å². The lowest BCUT2D eigenvalue weighted by molar-refractivity contribution is -0.118. The third-order valence-electron chi connectivity index (χ3n) is 7.69. The summed E-state index contributed by atoms with van der Waals surface area (Å²) in [7, 11) is 1.81. The van der Waals surface area contributed by atoms with Crippen LogP contribution in [0.4, 0.5) is 11.4 Å². The second kappa shape index (κ2) is 11.6. The predicted molar refractivity (Wildman–Crippen MR) is 145 cm³/mol. The molecule has 2 atom stereocenters. The number of rotatable bonds is 8. The maximum Gasteiger partial charge on any atom is 0.252 e. The van der Waals surface area contributed by atoms with Crippen molar-refractivity contribution in [2.45, 2.75) is 56.9 Å². The third kappa shape index (κ3) is 6.37. The van der Waals surface area contributed by atoms with Crippen LogP contribution in [-0.2, 0) is 11.8 Å². The zero-order valence-corrected chi connectivity index (χ0v) is 21.5. The largest absolute Gasteiger partial charge is 0.371 e. The molecular formula is C29H36N6O2. The summed E-state index contributed by atoms with van der Waals surface area (Å²) < 4.78 is 1.64. The Kier molecular flexibility index (Phi) is 7.82. The normalized spacial score (nSPS) is 18.9. The molecule has 37 heavy (non-hydrogen) atoms. The Hall–Kier alpha value is -3.68. The number of carbonyl (C=O) groups is 2. The van der Waals surface area contributed by atoms with E-state index in [4.69, 9.17) is 0 Å². The van der Waals surface area contributed by atoms with Crippen molar-refractivity contribution in [3.05, 3.63) is 72.3 Å². The predicted octanol–water partition coefficient (Wildman–Crippen LogP) is 4.52. The van der Waals surface area contributed by atoms with Gasteiger partial charge in [0, 0.05) is 55.9 Å². The highest BCUT2D eigenvalue weighted by atomic mass is 16.2. The van der Waals surface area contributed by atoms with Crippen LogP contribution in [-0.4, -0.2) is 45.7 Å². The number of anilines is 2. The quantitative estimate of drug-likeness (QED) is 0.475. The Balaban J connectivity index is 1.28. The summed E-state index contributed by atoms with van der Waals surface area (Å²) in [6.45, 7) is 1.86. The van der Waals surface area contributed by atoms with E-state index >= 15 is 0 Å². The molecule has 2 amide bonds. The lowest BCUT2D eigenvalue weighted by Crippen LogP contribution is -2.44. The Morgan fingerprint density at radius 3 is 2.70 bits per heavy atom. The van der Waals surface area contributed by atoms with Gasteiger partial charge in [0.2, 0.25) is 5.91 Å². The van der Waals surface area contributed by atoms with Gasteiger partial charge in [-0.15, -0.1) is 0 Å². The third-order valence-corrected chi connectivity index (χ3v) is 7.69. The van der Waals surface area contributed by atoms with E-state index in [1.807, 2.05) is 43.7 Å². The summed E-state index contributed by atoms with van der Waals surface area (Å²) in [5.41, 5.74) is 3.50. The first-order valence-corrected chi connectivity index (χ1v) is 13.4. The number of hydrogen-bond donors (Lipinski definition) is 2. The van der Waals surface area contributed by atoms with Crippen LogP contribution in [0.5, 0.6) is 0 Å². The van der Waals surface area contributed by atoms with Crippen molar-refractivity contribution in [3.8, 4) is 0 Å². The van der Waals surface area contributed by atoms with Gasteiger partial charge in [-0.3, -0.25) is 19.3 Å². The van der Waals surface area contributed by atoms with Crippen molar-refractivity contribution < 1.29 is 9.59 Å². The summed E-state index contributed by atoms with van der Waals surface area (Å²) in [5.74, 6) is 0.465. The number of pyridine rings is 1. The Bertz CT molecular complexity index is 1200. The molecule has 194 valence electrons. The summed E-state index contributed by atoms with van der Waals surface area (Å²) in [4.78, 5) is 33.2. The van der Waals surface area contributed by atoms with Crippen LogP contribution in [0.2, 0.25) is 0 Å². The summed E-state index contributed by atoms with van der Waals surface area (Å²) in [5, 5.41) is 10.1. The molecule has 2 aliphatic rings. The van der Waals surface area contributed by atoms with Crippen LogP contribution < -0.4 is 15.5 Å². The van der Waals surface area contributed by atoms with Crippen LogP contribution >= 0.6 is 0 Å². The molecule has 1 saturated heterocycles. The highest BCUT2D eigenvalue weighted by molar-refractivity contribution is 6.01. The number of carbonyl (C=O) groups excluding carboxylic acids is 2. The topological polar surface area (TPSA) is 92.2 Å². The number of aromatic nitrogens is 3. The van der Waals surface area contributed by atoms with Gasteiger partial charge in [0.1, 0.15) is 6.04 Å². The smallest absolute Gasteiger partial charge is 0.252 e. The fourth-order valence-corrected chi connectivity index (χ4v) is 5.71. The Morgan fingerprint density at radius 2 is 1.95 bits per heavy atom. The van der Waals surface area contributed by atoms with Crippen LogP contribution in [0.15, 0.2) is 61.2 Å². The molecule has 0 spiro atoms. The van der Waals surface area contributed by atoms with Gasteiger partial charge in [-0.05, 0) is 55.0 Å². The zero-order chi connectivity index (χ0) is 25.6. The minimum atomic E-state index is -0.593. The molecule has 1 aliphatic carbocycles. The van der Waals surface area contributed by atoms with Crippen molar-refractivity contribution in [2.24, 2.45) is 13.0 Å². The van der Waals surface area contributed by atoms with Crippen molar-refractivity contribution in [1.29, 1.82) is 0 Å². The molecule has 1 aliphatic heterocycles. The maximum atomic E-state index is 13.4. The van der Waals surface area contributed by atoms with E-state index in [2.05, 4.69) is 37.7 Å². The van der Waals surface area contributed by atoms with Crippen molar-refractivity contribution >= 4 is 23.2 Å². The molecule has 0 radical (unpaired) electrons. The summed E-state index contributed by atoms with van der Waals surface area (Å²) in [6.07, 6.45) is 14.6. The van der Waals surface area contributed by atoms with E-state index in [0.29, 0.717) is 29.5 Å². The zero-order valence-electron chi connectivity index (χ0n) is 21.5. The molecule has 3 heterocycles. The van der Waals surface area contributed by atoms with Gasteiger partial charge in [-0.2, -0.15) is 5.10 Å². The van der Waals surface area contributed by atoms with Crippen molar-refractivity contribution in [3.63, 3.8) is 0 Å². The number of nitrogens with one attached hydrogen (secondary N) is 2. The fourth-order valence-electron chi connectivity index (χ4n) is 5.71. The highest BCUT2D eigenvalue weighted by Crippen LogP contribution is 2.31. The van der Waals surface area contributed by atoms with E-state index < -0.39 is 6.04 Å². The number of piperidine rings is 1. The lowest BCUT2D eigenvalue weighted by atomic mass is 9.91. The molecule has 5 rings (SSSR count). The molecule has 2 fully saturated rings. The van der Waals surface area contributed by atoms with E-state index in [-0.39, 0.29) is 11.8 Å². The average molecular weight is 501 g/mol. The first-order chi connectivity index (χ1) is 18.0. The Morgan fingerprint density at radius 1 is 1.08 bits per heavy atom. The Labute approximate surface area is 218 Å². The molecule has 8 nitrogen and oxygen atoms in total. The molecule has 1 saturated carbocycles. The van der Waals surface area contributed by atoms with Gasteiger partial charge in [-0.1, -0.05) is 37.8 Å². The van der Waals surface area contributed by atoms with Crippen LogP contribution in [0.25, 0.3) is 0 Å². The van der Waals surface area contributed by atoms with Gasteiger partial charge >= 0.3 is 0 Å². The maximum absolute atomic E-state index is 13.4.